The summed E-state index contributed by atoms with van der Waals surface area (Å²) in [6, 6.07) is 5.40. The summed E-state index contributed by atoms with van der Waals surface area (Å²) in [4.78, 5) is 0. The van der Waals surface area contributed by atoms with Crippen LogP contribution in [0.5, 0.6) is 0 Å². The Bertz CT molecular complexity index is 790. The van der Waals surface area contributed by atoms with E-state index in [0.29, 0.717) is 30.7 Å². The van der Waals surface area contributed by atoms with Crippen LogP contribution in [0.25, 0.3) is 11.0 Å². The number of benzene rings is 1. The van der Waals surface area contributed by atoms with Crippen molar-refractivity contribution in [2.24, 2.45) is 5.92 Å². The SMILES string of the molecule is COCC1CCCN(S(=O)(=O)N(C)Cc2ccc3nonc3c2)C1. The van der Waals surface area contributed by atoms with Crippen LogP contribution in [0.1, 0.15) is 18.4 Å². The zero-order valence-electron chi connectivity index (χ0n) is 13.9. The maximum atomic E-state index is 12.8. The first-order valence-electron chi connectivity index (χ1n) is 7.92. The lowest BCUT2D eigenvalue weighted by Gasteiger charge is -2.34. The third-order valence-electron chi connectivity index (χ3n) is 4.33. The van der Waals surface area contributed by atoms with Crippen molar-refractivity contribution < 1.29 is 17.8 Å². The number of nitrogens with zero attached hydrogens (tertiary/aromatic N) is 4. The van der Waals surface area contributed by atoms with Crippen molar-refractivity contribution in [3.8, 4) is 0 Å². The van der Waals surface area contributed by atoms with E-state index in [1.807, 2.05) is 6.07 Å². The number of piperidine rings is 1. The van der Waals surface area contributed by atoms with Crippen molar-refractivity contribution in [3.63, 3.8) is 0 Å². The molecule has 24 heavy (non-hydrogen) atoms. The maximum Gasteiger partial charge on any atom is 0.282 e. The van der Waals surface area contributed by atoms with Gasteiger partial charge in [0.15, 0.2) is 0 Å². The second kappa shape index (κ2) is 7.14. The molecule has 8 nitrogen and oxygen atoms in total. The third-order valence-corrected chi connectivity index (χ3v) is 6.23. The molecular weight excluding hydrogens is 332 g/mol. The number of ether oxygens (including phenoxy) is 1. The Morgan fingerprint density at radius 2 is 2.17 bits per heavy atom. The summed E-state index contributed by atoms with van der Waals surface area (Å²) in [6.07, 6.45) is 1.86. The van der Waals surface area contributed by atoms with Crippen LogP contribution in [0.3, 0.4) is 0 Å². The first-order valence-corrected chi connectivity index (χ1v) is 9.32. The standard InChI is InChI=1S/C15H22N4O4S/c1-18(9-12-5-6-14-15(8-12)17-23-16-14)24(20,21)19-7-3-4-13(10-19)11-22-2/h5-6,8,13H,3-4,7,9-11H2,1-2H3. The lowest BCUT2D eigenvalue weighted by Crippen LogP contribution is -2.47. The molecule has 1 unspecified atom stereocenters. The van der Waals surface area contributed by atoms with Gasteiger partial charge in [0.05, 0.1) is 6.61 Å². The molecule has 1 aliphatic rings. The highest BCUT2D eigenvalue weighted by Crippen LogP contribution is 2.22. The number of hydrogen-bond acceptors (Lipinski definition) is 6. The molecule has 1 aromatic carbocycles. The summed E-state index contributed by atoms with van der Waals surface area (Å²) in [7, 11) is -0.255. The molecule has 2 heterocycles. The highest BCUT2D eigenvalue weighted by Gasteiger charge is 2.31. The molecule has 0 N–H and O–H groups in total. The van der Waals surface area contributed by atoms with E-state index in [4.69, 9.17) is 4.74 Å². The van der Waals surface area contributed by atoms with Crippen LogP contribution >= 0.6 is 0 Å². The molecular formula is C15H22N4O4S. The molecule has 0 amide bonds. The third kappa shape index (κ3) is 3.59. The number of rotatable bonds is 6. The largest absolute Gasteiger partial charge is 0.384 e. The molecule has 9 heteroatoms. The van der Waals surface area contributed by atoms with Crippen LogP contribution in [-0.4, -0.2) is 61.2 Å². The number of methoxy groups -OCH3 is 1. The second-order valence-electron chi connectivity index (χ2n) is 6.17. The van der Waals surface area contributed by atoms with Crippen LogP contribution in [0.2, 0.25) is 0 Å². The summed E-state index contributed by atoms with van der Waals surface area (Å²) >= 11 is 0. The monoisotopic (exact) mass is 354 g/mol. The van der Waals surface area contributed by atoms with Gasteiger partial charge < -0.3 is 4.74 Å². The molecule has 0 bridgehead atoms. The van der Waals surface area contributed by atoms with Gasteiger partial charge in [-0.1, -0.05) is 6.07 Å². The predicted octanol–water partition coefficient (Wildman–Crippen LogP) is 1.26. The average Bonchev–Trinajstić information content (AvgIpc) is 3.03. The fourth-order valence-corrected chi connectivity index (χ4v) is 4.54. The van der Waals surface area contributed by atoms with Crippen molar-refractivity contribution in [1.29, 1.82) is 0 Å². The van der Waals surface area contributed by atoms with E-state index < -0.39 is 10.2 Å². The second-order valence-corrected chi connectivity index (χ2v) is 8.21. The van der Waals surface area contributed by atoms with Crippen LogP contribution < -0.4 is 0 Å². The highest BCUT2D eigenvalue weighted by atomic mass is 32.2. The Morgan fingerprint density at radius 1 is 1.38 bits per heavy atom. The van der Waals surface area contributed by atoms with Crippen molar-refractivity contribution in [1.82, 2.24) is 18.9 Å². The van der Waals surface area contributed by atoms with Crippen LogP contribution in [0, 0.1) is 5.92 Å². The molecule has 132 valence electrons. The normalized spacial score (nSPS) is 20.0. The molecule has 0 radical (unpaired) electrons. The predicted molar refractivity (Wildman–Crippen MR) is 88.4 cm³/mol. The first-order chi connectivity index (χ1) is 11.5. The van der Waals surface area contributed by atoms with E-state index in [-0.39, 0.29) is 12.5 Å². The molecule has 3 rings (SSSR count). The van der Waals surface area contributed by atoms with Gasteiger partial charge in [0, 0.05) is 33.8 Å². The van der Waals surface area contributed by atoms with Gasteiger partial charge in [-0.3, -0.25) is 0 Å². The Balaban J connectivity index is 1.71. The van der Waals surface area contributed by atoms with Crippen LogP contribution in [-0.2, 0) is 21.5 Å². The van der Waals surface area contributed by atoms with E-state index in [1.54, 1.807) is 30.6 Å². The van der Waals surface area contributed by atoms with Gasteiger partial charge in [-0.05, 0) is 46.8 Å². The smallest absolute Gasteiger partial charge is 0.282 e. The zero-order chi connectivity index (χ0) is 17.2. The van der Waals surface area contributed by atoms with Gasteiger partial charge in [0.25, 0.3) is 10.2 Å². The van der Waals surface area contributed by atoms with E-state index in [2.05, 4.69) is 14.9 Å². The minimum atomic E-state index is -3.50. The quantitative estimate of drug-likeness (QED) is 0.776. The average molecular weight is 354 g/mol. The lowest BCUT2D eigenvalue weighted by atomic mass is 10.0. The lowest BCUT2D eigenvalue weighted by molar-refractivity contribution is 0.116. The van der Waals surface area contributed by atoms with Crippen molar-refractivity contribution >= 4 is 21.2 Å². The molecule has 1 saturated heterocycles. The Kier molecular flexibility index (Phi) is 5.14. The number of hydrogen-bond donors (Lipinski definition) is 0. The summed E-state index contributed by atoms with van der Waals surface area (Å²) in [5, 5.41) is 7.54. The van der Waals surface area contributed by atoms with Crippen LogP contribution in [0.15, 0.2) is 22.8 Å². The molecule has 1 fully saturated rings. The van der Waals surface area contributed by atoms with Gasteiger partial charge in [-0.15, -0.1) is 0 Å². The number of fused-ring (bicyclic) bond motifs is 1. The summed E-state index contributed by atoms with van der Waals surface area (Å²) < 4.78 is 38.4. The maximum absolute atomic E-state index is 12.8. The van der Waals surface area contributed by atoms with Gasteiger partial charge in [0.2, 0.25) is 0 Å². The van der Waals surface area contributed by atoms with Gasteiger partial charge in [0.1, 0.15) is 11.0 Å². The minimum Gasteiger partial charge on any atom is -0.384 e. The number of aromatic nitrogens is 2. The molecule has 2 aromatic rings. The topological polar surface area (TPSA) is 88.8 Å². The summed E-state index contributed by atoms with van der Waals surface area (Å²) in [5.74, 6) is 0.254. The Morgan fingerprint density at radius 3 is 2.96 bits per heavy atom. The summed E-state index contributed by atoms with van der Waals surface area (Å²) in [5.41, 5.74) is 2.12. The summed E-state index contributed by atoms with van der Waals surface area (Å²) in [6.45, 7) is 1.92. The Hall–Kier alpha value is -1.55. The van der Waals surface area contributed by atoms with Crippen molar-refractivity contribution in [2.75, 3.05) is 33.9 Å². The van der Waals surface area contributed by atoms with E-state index in [1.165, 1.54) is 4.31 Å². The molecule has 0 saturated carbocycles. The highest BCUT2D eigenvalue weighted by molar-refractivity contribution is 7.86. The van der Waals surface area contributed by atoms with Gasteiger partial charge in [-0.2, -0.15) is 17.0 Å². The minimum absolute atomic E-state index is 0.254. The van der Waals surface area contributed by atoms with Crippen molar-refractivity contribution in [2.45, 2.75) is 19.4 Å². The van der Waals surface area contributed by atoms with E-state index >= 15 is 0 Å². The zero-order valence-corrected chi connectivity index (χ0v) is 14.7. The fourth-order valence-electron chi connectivity index (χ4n) is 3.07. The molecule has 0 spiro atoms. The van der Waals surface area contributed by atoms with E-state index in [0.717, 1.165) is 18.4 Å². The van der Waals surface area contributed by atoms with Gasteiger partial charge in [-0.25, -0.2) is 4.63 Å². The fraction of sp³-hybridized carbons (Fsp3) is 0.600. The Labute approximate surface area is 141 Å². The van der Waals surface area contributed by atoms with Gasteiger partial charge >= 0.3 is 0 Å². The molecule has 0 aliphatic carbocycles. The molecule has 1 aliphatic heterocycles. The van der Waals surface area contributed by atoms with Crippen molar-refractivity contribution in [3.05, 3.63) is 23.8 Å². The van der Waals surface area contributed by atoms with E-state index in [9.17, 15) is 8.42 Å². The van der Waals surface area contributed by atoms with Crippen LogP contribution in [0.4, 0.5) is 0 Å². The molecule has 1 atom stereocenters. The molecule has 1 aromatic heterocycles. The first kappa shape index (κ1) is 17.3.